The molecule has 0 atom stereocenters. The molecule has 0 radical (unpaired) electrons. The smallest absolute Gasteiger partial charge is 0.338 e. The molecule has 6 heteroatoms. The molecule has 0 bridgehead atoms. The molecule has 1 N–H and O–H groups in total. The maximum absolute atomic E-state index is 12.2. The van der Waals surface area contributed by atoms with Crippen LogP contribution < -0.4 is 0 Å². The summed E-state index contributed by atoms with van der Waals surface area (Å²) in [6.07, 6.45) is 2.86. The Labute approximate surface area is 198 Å². The van der Waals surface area contributed by atoms with Crippen LogP contribution >= 0.6 is 0 Å². The first-order valence-electron chi connectivity index (χ1n) is 11.5. The van der Waals surface area contributed by atoms with Crippen molar-refractivity contribution in [2.45, 2.75) is 39.2 Å². The van der Waals surface area contributed by atoms with E-state index in [0.717, 1.165) is 58.4 Å². The van der Waals surface area contributed by atoms with E-state index in [1.54, 1.807) is 6.07 Å². The number of carboxylic acids is 1. The minimum atomic E-state index is -0.857. The summed E-state index contributed by atoms with van der Waals surface area (Å²) in [6, 6.07) is 21.2. The largest absolute Gasteiger partial charge is 0.481 e. The van der Waals surface area contributed by atoms with Crippen molar-refractivity contribution in [3.8, 4) is 11.1 Å². The number of aryl methyl sites for hydroxylation is 1. The first-order chi connectivity index (χ1) is 16.5. The zero-order valence-corrected chi connectivity index (χ0v) is 19.5. The quantitative estimate of drug-likeness (QED) is 0.336. The summed E-state index contributed by atoms with van der Waals surface area (Å²) in [7, 11) is 1.38. The predicted molar refractivity (Wildman–Crippen MR) is 132 cm³/mol. The van der Waals surface area contributed by atoms with Gasteiger partial charge in [0.25, 0.3) is 0 Å². The lowest BCUT2D eigenvalue weighted by molar-refractivity contribution is -0.136. The summed E-state index contributed by atoms with van der Waals surface area (Å²) in [5.41, 5.74) is 5.83. The lowest BCUT2D eigenvalue weighted by atomic mass is 9.98. The van der Waals surface area contributed by atoms with E-state index in [9.17, 15) is 14.7 Å². The van der Waals surface area contributed by atoms with E-state index in [1.165, 1.54) is 7.11 Å². The Bertz CT molecular complexity index is 1320. The molecule has 3 aromatic carbocycles. The van der Waals surface area contributed by atoms with E-state index in [4.69, 9.17) is 9.72 Å². The Balaban J connectivity index is 1.71. The van der Waals surface area contributed by atoms with Crippen molar-refractivity contribution in [2.24, 2.45) is 0 Å². The van der Waals surface area contributed by atoms with Gasteiger partial charge in [0, 0.05) is 13.0 Å². The Morgan fingerprint density at radius 2 is 1.76 bits per heavy atom. The van der Waals surface area contributed by atoms with E-state index >= 15 is 0 Å². The van der Waals surface area contributed by atoms with Gasteiger partial charge in [-0.2, -0.15) is 0 Å². The molecule has 1 aromatic heterocycles. The van der Waals surface area contributed by atoms with Crippen molar-refractivity contribution >= 4 is 23.0 Å². The number of fused-ring (bicyclic) bond motifs is 1. The van der Waals surface area contributed by atoms with Gasteiger partial charge in [-0.25, -0.2) is 9.78 Å². The van der Waals surface area contributed by atoms with Crippen LogP contribution in [0.25, 0.3) is 22.2 Å². The topological polar surface area (TPSA) is 81.4 Å². The van der Waals surface area contributed by atoms with Gasteiger partial charge in [-0.1, -0.05) is 67.9 Å². The number of carbonyl (C=O) groups is 2. The fraction of sp³-hybridized carbons (Fsp3) is 0.250. The fourth-order valence-corrected chi connectivity index (χ4v) is 4.30. The highest BCUT2D eigenvalue weighted by molar-refractivity contribution is 5.97. The number of unbranched alkanes of at least 4 members (excludes halogenated alkanes) is 1. The second kappa shape index (κ2) is 10.3. The van der Waals surface area contributed by atoms with Crippen LogP contribution in [-0.2, 0) is 28.9 Å². The average Bonchev–Trinajstić information content (AvgIpc) is 3.20. The van der Waals surface area contributed by atoms with Crippen molar-refractivity contribution in [1.29, 1.82) is 0 Å². The summed E-state index contributed by atoms with van der Waals surface area (Å²) in [5.74, 6) is -0.255. The lowest BCUT2D eigenvalue weighted by Gasteiger charge is -2.13. The highest BCUT2D eigenvalue weighted by Gasteiger charge is 2.17. The molecule has 1 heterocycles. The zero-order chi connectivity index (χ0) is 24.1. The number of methoxy groups -OCH3 is 1. The summed E-state index contributed by atoms with van der Waals surface area (Å²) in [5, 5.41) is 9.41. The molecular formula is C28H28N2O4. The second-order valence-electron chi connectivity index (χ2n) is 8.31. The van der Waals surface area contributed by atoms with Crippen LogP contribution in [0.15, 0.2) is 66.7 Å². The molecule has 0 unspecified atom stereocenters. The molecule has 0 fully saturated rings. The first-order valence-corrected chi connectivity index (χ1v) is 11.5. The van der Waals surface area contributed by atoms with Gasteiger partial charge in [0.15, 0.2) is 0 Å². The Kier molecular flexibility index (Phi) is 7.07. The van der Waals surface area contributed by atoms with Gasteiger partial charge in [-0.05, 0) is 40.8 Å². The number of hydrogen-bond acceptors (Lipinski definition) is 4. The van der Waals surface area contributed by atoms with Crippen molar-refractivity contribution in [3.63, 3.8) is 0 Å². The molecular weight excluding hydrogens is 428 g/mol. The first kappa shape index (κ1) is 23.2. The van der Waals surface area contributed by atoms with Crippen LogP contribution in [0.4, 0.5) is 0 Å². The molecule has 0 aliphatic heterocycles. The molecule has 0 saturated carbocycles. The highest BCUT2D eigenvalue weighted by Crippen LogP contribution is 2.27. The molecule has 0 aliphatic carbocycles. The third-order valence-corrected chi connectivity index (χ3v) is 5.96. The van der Waals surface area contributed by atoms with Crippen LogP contribution in [0.1, 0.15) is 47.1 Å². The second-order valence-corrected chi connectivity index (χ2v) is 8.31. The van der Waals surface area contributed by atoms with Crippen LogP contribution in [-0.4, -0.2) is 33.7 Å². The molecule has 0 amide bonds. The summed E-state index contributed by atoms with van der Waals surface area (Å²) in [4.78, 5) is 28.5. The SMILES string of the molecule is CCCCc1nc2cccc(CC(=O)O)c2n1Cc1ccc(-c2ccccc2C(=O)OC)cc1. The van der Waals surface area contributed by atoms with E-state index in [1.807, 2.05) is 60.7 Å². The number of esters is 1. The maximum atomic E-state index is 12.2. The average molecular weight is 457 g/mol. The molecule has 6 nitrogen and oxygen atoms in total. The number of benzene rings is 3. The Hall–Kier alpha value is -3.93. The summed E-state index contributed by atoms with van der Waals surface area (Å²) in [6.45, 7) is 2.73. The molecule has 0 aliphatic rings. The number of aromatic nitrogens is 2. The summed E-state index contributed by atoms with van der Waals surface area (Å²) < 4.78 is 7.08. The Morgan fingerprint density at radius 1 is 1.00 bits per heavy atom. The fourth-order valence-electron chi connectivity index (χ4n) is 4.30. The summed E-state index contributed by atoms with van der Waals surface area (Å²) >= 11 is 0. The maximum Gasteiger partial charge on any atom is 0.338 e. The van der Waals surface area contributed by atoms with Crippen molar-refractivity contribution < 1.29 is 19.4 Å². The van der Waals surface area contributed by atoms with Crippen LogP contribution in [0.5, 0.6) is 0 Å². The third kappa shape index (κ3) is 4.86. The van der Waals surface area contributed by atoms with Gasteiger partial charge in [-0.3, -0.25) is 4.79 Å². The van der Waals surface area contributed by atoms with Gasteiger partial charge < -0.3 is 14.4 Å². The Morgan fingerprint density at radius 3 is 2.47 bits per heavy atom. The van der Waals surface area contributed by atoms with E-state index in [-0.39, 0.29) is 12.4 Å². The van der Waals surface area contributed by atoms with Crippen molar-refractivity contribution in [3.05, 3.63) is 89.2 Å². The number of nitrogens with zero attached hydrogens (tertiary/aromatic N) is 2. The number of para-hydroxylation sites is 1. The molecule has 34 heavy (non-hydrogen) atoms. The van der Waals surface area contributed by atoms with Crippen LogP contribution in [0.2, 0.25) is 0 Å². The van der Waals surface area contributed by atoms with Gasteiger partial charge in [0.05, 0.1) is 30.1 Å². The minimum Gasteiger partial charge on any atom is -0.481 e. The van der Waals surface area contributed by atoms with Gasteiger partial charge >= 0.3 is 11.9 Å². The molecule has 4 rings (SSSR count). The lowest BCUT2D eigenvalue weighted by Crippen LogP contribution is -2.08. The van der Waals surface area contributed by atoms with Crippen molar-refractivity contribution in [1.82, 2.24) is 9.55 Å². The third-order valence-electron chi connectivity index (χ3n) is 5.96. The number of hydrogen-bond donors (Lipinski definition) is 1. The van der Waals surface area contributed by atoms with E-state index in [0.29, 0.717) is 12.1 Å². The molecule has 0 spiro atoms. The number of aliphatic carboxylic acids is 1. The van der Waals surface area contributed by atoms with Gasteiger partial charge in [0.2, 0.25) is 0 Å². The van der Waals surface area contributed by atoms with E-state index < -0.39 is 5.97 Å². The number of carbonyl (C=O) groups excluding carboxylic acids is 1. The van der Waals surface area contributed by atoms with Crippen molar-refractivity contribution in [2.75, 3.05) is 7.11 Å². The molecule has 174 valence electrons. The number of rotatable bonds is 9. The van der Waals surface area contributed by atoms with Gasteiger partial charge in [-0.15, -0.1) is 0 Å². The monoisotopic (exact) mass is 456 g/mol. The zero-order valence-electron chi connectivity index (χ0n) is 19.5. The molecule has 4 aromatic rings. The normalized spacial score (nSPS) is 11.0. The van der Waals surface area contributed by atoms with Crippen LogP contribution in [0, 0.1) is 0 Å². The molecule has 0 saturated heterocycles. The van der Waals surface area contributed by atoms with Crippen LogP contribution in [0.3, 0.4) is 0 Å². The number of imidazole rings is 1. The predicted octanol–water partition coefficient (Wildman–Crippen LogP) is 5.51. The standard InChI is InChI=1S/C28H28N2O4/c1-3-4-12-25-29-24-11-7-8-21(17-26(31)32)27(24)30(25)18-19-13-15-20(16-14-19)22-9-5-6-10-23(22)28(33)34-2/h5-11,13-16H,3-4,12,17-18H2,1-2H3,(H,31,32). The number of ether oxygens (including phenoxy) is 1. The minimum absolute atomic E-state index is 0.0422. The number of carboxylic acid groups (broad SMARTS) is 1. The van der Waals surface area contributed by atoms with Gasteiger partial charge in [0.1, 0.15) is 5.82 Å². The highest BCUT2D eigenvalue weighted by atomic mass is 16.5. The van der Waals surface area contributed by atoms with E-state index in [2.05, 4.69) is 11.5 Å².